The molecule has 1 aliphatic heterocycles. The van der Waals surface area contributed by atoms with Gasteiger partial charge in [-0.1, -0.05) is 18.2 Å². The van der Waals surface area contributed by atoms with Gasteiger partial charge in [0.1, 0.15) is 17.4 Å². The standard InChI is InChI=1S/C17H24N4O/c1-12(11-14-7-4-5-9-16(14)22-3)18-15-8-6-10-21-13(2)19-20-17(15)21/h4-5,7,9,12,15,18H,6,8,10-11H2,1-3H3/t12-,15-/m0/s1. The molecule has 0 amide bonds. The van der Waals surface area contributed by atoms with Crippen molar-refractivity contribution < 1.29 is 4.74 Å². The molecule has 0 spiro atoms. The summed E-state index contributed by atoms with van der Waals surface area (Å²) in [7, 11) is 1.73. The highest BCUT2D eigenvalue weighted by atomic mass is 16.5. The van der Waals surface area contributed by atoms with Crippen LogP contribution in [0.4, 0.5) is 0 Å². The lowest BCUT2D eigenvalue weighted by Gasteiger charge is -2.27. The third-order valence-corrected chi connectivity index (χ3v) is 4.35. The van der Waals surface area contributed by atoms with Gasteiger partial charge in [-0.2, -0.15) is 0 Å². The number of aromatic nitrogens is 3. The Kier molecular flexibility index (Phi) is 4.43. The molecule has 0 fully saturated rings. The highest BCUT2D eigenvalue weighted by Gasteiger charge is 2.25. The van der Waals surface area contributed by atoms with Crippen molar-refractivity contribution >= 4 is 0 Å². The van der Waals surface area contributed by atoms with E-state index in [1.165, 1.54) is 12.0 Å². The minimum Gasteiger partial charge on any atom is -0.496 e. The first-order chi connectivity index (χ1) is 10.7. The summed E-state index contributed by atoms with van der Waals surface area (Å²) in [4.78, 5) is 0. The quantitative estimate of drug-likeness (QED) is 0.922. The van der Waals surface area contributed by atoms with E-state index in [1.54, 1.807) is 7.11 Å². The number of hydrogen-bond donors (Lipinski definition) is 1. The van der Waals surface area contributed by atoms with Crippen molar-refractivity contribution in [1.29, 1.82) is 0 Å². The molecule has 0 aliphatic carbocycles. The Bertz CT molecular complexity index is 637. The topological polar surface area (TPSA) is 52.0 Å². The SMILES string of the molecule is COc1ccccc1C[C@H](C)N[C@H]1CCCn2c(C)nnc21. The summed E-state index contributed by atoms with van der Waals surface area (Å²) in [5.41, 5.74) is 1.23. The monoisotopic (exact) mass is 300 g/mol. The smallest absolute Gasteiger partial charge is 0.150 e. The number of methoxy groups -OCH3 is 1. The molecule has 1 aromatic carbocycles. The zero-order valence-electron chi connectivity index (χ0n) is 13.5. The van der Waals surface area contributed by atoms with E-state index >= 15 is 0 Å². The first-order valence-electron chi connectivity index (χ1n) is 7.96. The Labute approximate surface area is 131 Å². The number of para-hydroxylation sites is 1. The lowest BCUT2D eigenvalue weighted by molar-refractivity contribution is 0.348. The van der Waals surface area contributed by atoms with E-state index in [9.17, 15) is 0 Å². The Balaban J connectivity index is 1.69. The molecule has 22 heavy (non-hydrogen) atoms. The highest BCUT2D eigenvalue weighted by Crippen LogP contribution is 2.25. The first kappa shape index (κ1) is 15.0. The van der Waals surface area contributed by atoms with Gasteiger partial charge in [0.05, 0.1) is 13.2 Å². The van der Waals surface area contributed by atoms with E-state index in [-0.39, 0.29) is 0 Å². The average molecular weight is 300 g/mol. The molecule has 0 saturated carbocycles. The molecule has 2 atom stereocenters. The van der Waals surface area contributed by atoms with Crippen LogP contribution in [0.2, 0.25) is 0 Å². The summed E-state index contributed by atoms with van der Waals surface area (Å²) in [6.07, 6.45) is 3.23. The summed E-state index contributed by atoms with van der Waals surface area (Å²) in [5, 5.41) is 12.3. The van der Waals surface area contributed by atoms with Crippen molar-refractivity contribution in [3.8, 4) is 5.75 Å². The third-order valence-electron chi connectivity index (χ3n) is 4.35. The largest absolute Gasteiger partial charge is 0.496 e. The lowest BCUT2D eigenvalue weighted by atomic mass is 10.0. The van der Waals surface area contributed by atoms with Crippen LogP contribution in [-0.4, -0.2) is 27.9 Å². The minimum atomic E-state index is 0.291. The second-order valence-electron chi connectivity index (χ2n) is 6.04. The van der Waals surface area contributed by atoms with Gasteiger partial charge in [0.15, 0.2) is 0 Å². The molecule has 2 heterocycles. The molecule has 0 unspecified atom stereocenters. The zero-order chi connectivity index (χ0) is 15.5. The lowest BCUT2D eigenvalue weighted by Crippen LogP contribution is -2.36. The number of fused-ring (bicyclic) bond motifs is 1. The Morgan fingerprint density at radius 2 is 2.18 bits per heavy atom. The second-order valence-corrected chi connectivity index (χ2v) is 6.04. The molecule has 5 heteroatoms. The van der Waals surface area contributed by atoms with Crippen LogP contribution >= 0.6 is 0 Å². The van der Waals surface area contributed by atoms with Gasteiger partial charge in [-0.15, -0.1) is 10.2 Å². The van der Waals surface area contributed by atoms with Gasteiger partial charge < -0.3 is 14.6 Å². The van der Waals surface area contributed by atoms with Gasteiger partial charge in [0.25, 0.3) is 0 Å². The fourth-order valence-electron chi connectivity index (χ4n) is 3.28. The number of nitrogens with zero attached hydrogens (tertiary/aromatic N) is 3. The van der Waals surface area contributed by atoms with Crippen molar-refractivity contribution in [2.24, 2.45) is 0 Å². The molecule has 3 rings (SSSR count). The molecule has 2 aromatic rings. The second kappa shape index (κ2) is 6.48. The molecule has 1 N–H and O–H groups in total. The minimum absolute atomic E-state index is 0.291. The molecule has 1 aromatic heterocycles. The van der Waals surface area contributed by atoms with E-state index in [2.05, 4.69) is 39.1 Å². The van der Waals surface area contributed by atoms with Crippen molar-refractivity contribution in [2.75, 3.05) is 7.11 Å². The number of aryl methyl sites for hydroxylation is 1. The highest BCUT2D eigenvalue weighted by molar-refractivity contribution is 5.33. The van der Waals surface area contributed by atoms with Crippen LogP contribution < -0.4 is 10.1 Å². The summed E-state index contributed by atoms with van der Waals surface area (Å²) in [5.74, 6) is 3.05. The predicted molar refractivity (Wildman–Crippen MR) is 86.0 cm³/mol. The van der Waals surface area contributed by atoms with E-state index < -0.39 is 0 Å². The van der Waals surface area contributed by atoms with E-state index in [1.807, 2.05) is 19.1 Å². The van der Waals surface area contributed by atoms with Gasteiger partial charge >= 0.3 is 0 Å². The van der Waals surface area contributed by atoms with Gasteiger partial charge in [0, 0.05) is 12.6 Å². The normalized spacial score (nSPS) is 18.8. The Hall–Kier alpha value is -1.88. The van der Waals surface area contributed by atoms with Crippen LogP contribution in [-0.2, 0) is 13.0 Å². The summed E-state index contributed by atoms with van der Waals surface area (Å²) in [6, 6.07) is 8.86. The third kappa shape index (κ3) is 2.99. The average Bonchev–Trinajstić information content (AvgIpc) is 2.90. The van der Waals surface area contributed by atoms with Crippen LogP contribution in [0.15, 0.2) is 24.3 Å². The van der Waals surface area contributed by atoms with E-state index in [4.69, 9.17) is 4.74 Å². The van der Waals surface area contributed by atoms with Crippen LogP contribution in [0.25, 0.3) is 0 Å². The number of rotatable bonds is 5. The van der Waals surface area contributed by atoms with Crippen molar-refractivity contribution in [1.82, 2.24) is 20.1 Å². The number of benzene rings is 1. The van der Waals surface area contributed by atoms with Gasteiger partial charge in [-0.25, -0.2) is 0 Å². The summed E-state index contributed by atoms with van der Waals surface area (Å²) < 4.78 is 7.67. The molecular weight excluding hydrogens is 276 g/mol. The number of hydrogen-bond acceptors (Lipinski definition) is 4. The molecule has 0 saturated heterocycles. The Morgan fingerprint density at radius 1 is 1.36 bits per heavy atom. The maximum Gasteiger partial charge on any atom is 0.150 e. The fourth-order valence-corrected chi connectivity index (χ4v) is 3.28. The number of ether oxygens (including phenoxy) is 1. The zero-order valence-corrected chi connectivity index (χ0v) is 13.5. The number of nitrogens with one attached hydrogen (secondary N) is 1. The van der Waals surface area contributed by atoms with Gasteiger partial charge in [-0.05, 0) is 44.7 Å². The van der Waals surface area contributed by atoms with E-state index in [0.717, 1.165) is 36.8 Å². The fraction of sp³-hybridized carbons (Fsp3) is 0.529. The summed E-state index contributed by atoms with van der Waals surface area (Å²) in [6.45, 7) is 5.28. The molecule has 0 bridgehead atoms. The first-order valence-corrected chi connectivity index (χ1v) is 7.96. The van der Waals surface area contributed by atoms with Crippen LogP contribution in [0.1, 0.15) is 43.0 Å². The molecular formula is C17H24N4O. The van der Waals surface area contributed by atoms with Gasteiger partial charge in [0.2, 0.25) is 0 Å². The van der Waals surface area contributed by atoms with Crippen molar-refractivity contribution in [3.63, 3.8) is 0 Å². The van der Waals surface area contributed by atoms with Crippen molar-refractivity contribution in [2.45, 2.75) is 51.7 Å². The maximum absolute atomic E-state index is 5.44. The molecule has 1 aliphatic rings. The molecule has 118 valence electrons. The molecule has 5 nitrogen and oxygen atoms in total. The van der Waals surface area contributed by atoms with Crippen LogP contribution in [0.5, 0.6) is 5.75 Å². The Morgan fingerprint density at radius 3 is 3.00 bits per heavy atom. The van der Waals surface area contributed by atoms with Crippen LogP contribution in [0, 0.1) is 6.92 Å². The van der Waals surface area contributed by atoms with Crippen LogP contribution in [0.3, 0.4) is 0 Å². The van der Waals surface area contributed by atoms with Gasteiger partial charge in [-0.3, -0.25) is 0 Å². The maximum atomic E-state index is 5.44. The molecule has 0 radical (unpaired) electrons. The summed E-state index contributed by atoms with van der Waals surface area (Å²) >= 11 is 0. The van der Waals surface area contributed by atoms with E-state index in [0.29, 0.717) is 12.1 Å². The predicted octanol–water partition coefficient (Wildman–Crippen LogP) is 2.65. The van der Waals surface area contributed by atoms with Crippen molar-refractivity contribution in [3.05, 3.63) is 41.5 Å².